The van der Waals surface area contributed by atoms with Crippen molar-refractivity contribution in [2.45, 2.75) is 20.0 Å². The van der Waals surface area contributed by atoms with Crippen LogP contribution in [-0.2, 0) is 4.79 Å². The fourth-order valence-corrected chi connectivity index (χ4v) is 0.920. The van der Waals surface area contributed by atoms with E-state index in [0.717, 1.165) is 0 Å². The van der Waals surface area contributed by atoms with Gasteiger partial charge in [-0.25, -0.2) is 9.97 Å². The summed E-state index contributed by atoms with van der Waals surface area (Å²) in [5, 5.41) is 2.75. The van der Waals surface area contributed by atoms with E-state index in [1.54, 1.807) is 6.07 Å². The maximum absolute atomic E-state index is 10.5. The maximum Gasteiger partial charge on any atom is 0.236 e. The summed E-state index contributed by atoms with van der Waals surface area (Å²) < 4.78 is 5.35. The second-order valence-electron chi connectivity index (χ2n) is 3.23. The first-order valence-corrected chi connectivity index (χ1v) is 4.59. The zero-order valence-corrected chi connectivity index (χ0v) is 8.73. The number of amides is 1. The molecule has 0 fully saturated rings. The first-order chi connectivity index (χ1) is 7.08. The third kappa shape index (κ3) is 4.26. The minimum atomic E-state index is -0.444. The van der Waals surface area contributed by atoms with E-state index in [9.17, 15) is 4.79 Å². The summed E-state index contributed by atoms with van der Waals surface area (Å²) in [6.45, 7) is 3.84. The van der Waals surface area contributed by atoms with Crippen molar-refractivity contribution in [3.8, 4) is 5.88 Å². The van der Waals surface area contributed by atoms with Gasteiger partial charge in [-0.1, -0.05) is 0 Å². The number of carbonyl (C=O) groups is 1. The molecule has 0 saturated heterocycles. The Bertz CT molecular complexity index is 341. The third-order valence-corrected chi connectivity index (χ3v) is 1.44. The van der Waals surface area contributed by atoms with E-state index >= 15 is 0 Å². The van der Waals surface area contributed by atoms with Gasteiger partial charge in [0.2, 0.25) is 11.8 Å². The highest BCUT2D eigenvalue weighted by Gasteiger charge is 2.02. The predicted molar refractivity (Wildman–Crippen MR) is 55.5 cm³/mol. The number of nitrogens with two attached hydrogens (primary N) is 1. The van der Waals surface area contributed by atoms with Gasteiger partial charge in [-0.3, -0.25) is 4.79 Å². The summed E-state index contributed by atoms with van der Waals surface area (Å²) in [6.07, 6.45) is 1.41. The molecule has 0 saturated carbocycles. The molecule has 1 aromatic heterocycles. The molecule has 15 heavy (non-hydrogen) atoms. The molecule has 1 amide bonds. The lowest BCUT2D eigenvalue weighted by Crippen LogP contribution is -2.22. The summed E-state index contributed by atoms with van der Waals surface area (Å²) in [7, 11) is 0. The molecule has 0 atom stereocenters. The summed E-state index contributed by atoms with van der Waals surface area (Å²) in [5.74, 6) is 0.534. The quantitative estimate of drug-likeness (QED) is 0.722. The van der Waals surface area contributed by atoms with Gasteiger partial charge in [-0.15, -0.1) is 0 Å². The zero-order chi connectivity index (χ0) is 11.3. The van der Waals surface area contributed by atoms with Crippen LogP contribution in [0.3, 0.4) is 0 Å². The van der Waals surface area contributed by atoms with Crippen LogP contribution in [0.5, 0.6) is 5.88 Å². The van der Waals surface area contributed by atoms with Crippen LogP contribution in [0, 0.1) is 0 Å². The number of carbonyl (C=O) groups excluding carboxylic acids is 1. The van der Waals surface area contributed by atoms with E-state index in [0.29, 0.717) is 11.7 Å². The van der Waals surface area contributed by atoms with Crippen molar-refractivity contribution in [3.05, 3.63) is 12.4 Å². The Hall–Kier alpha value is -1.85. The molecular weight excluding hydrogens is 196 g/mol. The van der Waals surface area contributed by atoms with Crippen molar-refractivity contribution in [1.29, 1.82) is 0 Å². The van der Waals surface area contributed by atoms with Crippen LogP contribution in [0.2, 0.25) is 0 Å². The molecule has 1 aromatic rings. The van der Waals surface area contributed by atoms with Crippen molar-refractivity contribution in [1.82, 2.24) is 9.97 Å². The molecule has 6 nitrogen and oxygen atoms in total. The number of hydrogen-bond donors (Lipinski definition) is 2. The van der Waals surface area contributed by atoms with E-state index in [1.165, 1.54) is 6.33 Å². The summed E-state index contributed by atoms with van der Waals surface area (Å²) >= 11 is 0. The minimum Gasteiger partial charge on any atom is -0.475 e. The normalized spacial score (nSPS) is 10.1. The summed E-state index contributed by atoms with van der Waals surface area (Å²) in [5.41, 5.74) is 4.98. The monoisotopic (exact) mass is 210 g/mol. The summed E-state index contributed by atoms with van der Waals surface area (Å²) in [4.78, 5) is 18.3. The van der Waals surface area contributed by atoms with Crippen molar-refractivity contribution in [2.75, 3.05) is 11.9 Å². The van der Waals surface area contributed by atoms with E-state index in [4.69, 9.17) is 10.5 Å². The van der Waals surface area contributed by atoms with Gasteiger partial charge in [-0.2, -0.15) is 0 Å². The number of anilines is 1. The van der Waals surface area contributed by atoms with Gasteiger partial charge in [-0.05, 0) is 13.8 Å². The van der Waals surface area contributed by atoms with Gasteiger partial charge in [0.1, 0.15) is 12.1 Å². The molecule has 0 radical (unpaired) electrons. The molecule has 0 bridgehead atoms. The number of rotatable bonds is 5. The van der Waals surface area contributed by atoms with Crippen molar-refractivity contribution < 1.29 is 9.53 Å². The second kappa shape index (κ2) is 5.14. The molecule has 0 aliphatic carbocycles. The highest BCUT2D eigenvalue weighted by molar-refractivity contribution is 5.78. The lowest BCUT2D eigenvalue weighted by Gasteiger charge is -2.09. The fourth-order valence-electron chi connectivity index (χ4n) is 0.920. The maximum atomic E-state index is 10.5. The highest BCUT2D eigenvalue weighted by Crippen LogP contribution is 2.11. The minimum absolute atomic E-state index is 0.0398. The molecule has 82 valence electrons. The van der Waals surface area contributed by atoms with E-state index in [1.807, 2.05) is 13.8 Å². The third-order valence-electron chi connectivity index (χ3n) is 1.44. The van der Waals surface area contributed by atoms with Crippen molar-refractivity contribution >= 4 is 11.7 Å². The van der Waals surface area contributed by atoms with E-state index in [2.05, 4.69) is 15.3 Å². The van der Waals surface area contributed by atoms with Crippen LogP contribution in [0.15, 0.2) is 12.4 Å². The Balaban J connectivity index is 2.61. The Morgan fingerprint density at radius 1 is 1.60 bits per heavy atom. The number of primary amides is 1. The number of ether oxygens (including phenoxy) is 1. The van der Waals surface area contributed by atoms with Gasteiger partial charge >= 0.3 is 0 Å². The molecule has 6 heteroatoms. The second-order valence-corrected chi connectivity index (χ2v) is 3.23. The number of hydrogen-bond acceptors (Lipinski definition) is 5. The highest BCUT2D eigenvalue weighted by atomic mass is 16.5. The standard InChI is InChI=1S/C9H14N4O2/c1-6(2)15-9-3-8(12-5-13-9)11-4-7(10)14/h3,5-6H,4H2,1-2H3,(H2,10,14)(H,11,12,13). The molecule has 0 spiro atoms. The lowest BCUT2D eigenvalue weighted by molar-refractivity contribution is -0.116. The van der Waals surface area contributed by atoms with Crippen LogP contribution in [0.4, 0.5) is 5.82 Å². The molecule has 0 aromatic carbocycles. The Kier molecular flexibility index (Phi) is 3.84. The van der Waals surface area contributed by atoms with Gasteiger partial charge in [0.15, 0.2) is 0 Å². The molecular formula is C9H14N4O2. The van der Waals surface area contributed by atoms with Crippen LogP contribution < -0.4 is 15.8 Å². The van der Waals surface area contributed by atoms with Gasteiger partial charge in [0.05, 0.1) is 12.6 Å². The average molecular weight is 210 g/mol. The first-order valence-electron chi connectivity index (χ1n) is 4.59. The smallest absolute Gasteiger partial charge is 0.236 e. The van der Waals surface area contributed by atoms with Gasteiger partial charge in [0.25, 0.3) is 0 Å². The SMILES string of the molecule is CC(C)Oc1cc(NCC(N)=O)ncn1. The Labute approximate surface area is 87.9 Å². The molecule has 0 unspecified atom stereocenters. The van der Waals surface area contributed by atoms with Crippen LogP contribution in [0.1, 0.15) is 13.8 Å². The lowest BCUT2D eigenvalue weighted by atomic mass is 10.4. The molecule has 0 aliphatic heterocycles. The van der Waals surface area contributed by atoms with Crippen molar-refractivity contribution in [3.63, 3.8) is 0 Å². The zero-order valence-electron chi connectivity index (χ0n) is 8.73. The van der Waals surface area contributed by atoms with E-state index < -0.39 is 5.91 Å². The van der Waals surface area contributed by atoms with E-state index in [-0.39, 0.29) is 12.6 Å². The molecule has 0 aliphatic rings. The fraction of sp³-hybridized carbons (Fsp3) is 0.444. The van der Waals surface area contributed by atoms with Gasteiger partial charge in [0, 0.05) is 6.07 Å². The molecule has 3 N–H and O–H groups in total. The van der Waals surface area contributed by atoms with Crippen LogP contribution >= 0.6 is 0 Å². The van der Waals surface area contributed by atoms with Gasteiger partial charge < -0.3 is 15.8 Å². The molecule has 1 heterocycles. The molecule has 1 rings (SSSR count). The topological polar surface area (TPSA) is 90.1 Å². The average Bonchev–Trinajstić information content (AvgIpc) is 2.14. The first kappa shape index (κ1) is 11.2. The number of nitrogens with one attached hydrogen (secondary N) is 1. The van der Waals surface area contributed by atoms with Crippen molar-refractivity contribution in [2.24, 2.45) is 5.73 Å². The number of aromatic nitrogens is 2. The Morgan fingerprint density at radius 2 is 2.33 bits per heavy atom. The van der Waals surface area contributed by atoms with Crippen LogP contribution in [0.25, 0.3) is 0 Å². The number of nitrogens with zero attached hydrogens (tertiary/aromatic N) is 2. The Morgan fingerprint density at radius 3 is 2.93 bits per heavy atom. The van der Waals surface area contributed by atoms with Crippen LogP contribution in [-0.4, -0.2) is 28.5 Å². The largest absolute Gasteiger partial charge is 0.475 e. The summed E-state index contributed by atoms with van der Waals surface area (Å²) in [6, 6.07) is 1.61. The predicted octanol–water partition coefficient (Wildman–Crippen LogP) is 0.161.